The average molecular weight is 995 g/mol. The molecule has 0 bridgehead atoms. The molecule has 5 unspecified atom stereocenters. The van der Waals surface area contributed by atoms with E-state index in [1.165, 1.54) is 16.8 Å². The summed E-state index contributed by atoms with van der Waals surface area (Å²) < 4.78 is 14.0. The molecule has 27 nitrogen and oxygen atoms in total. The molecule has 1 aromatic carbocycles. The standard InChI is InChI=1S/C42H59FN10O17/c43-17-5-7-26-23-53(52-51-26)28-11-9-24(10-12-28)36(60)47-27(21-33(55)45-19-4-2-8-29(38(63)64)49-42(70)50-31(40(67)68)14-16-35(58)59)20-32(54)44-18-3-1-6-25(37(61)62)22-46-41(69)48-30(39(65)66)13-15-34(56)57/h9-12,23,25,27,29-31H,1-8,13-22H2,(H,44,54)(H,45,55)(H,47,60)(H,56,57)(H,58,59)(H,61,62)(H,63,64)(H,65,66)(H,67,68)(H2,46,48,69)(H2,49,50,70). The minimum absolute atomic E-state index is 0.00687. The first kappa shape index (κ1) is 58.2. The molecule has 0 aliphatic heterocycles. The van der Waals surface area contributed by atoms with E-state index in [2.05, 4.69) is 42.2 Å². The van der Waals surface area contributed by atoms with Gasteiger partial charge in [0, 0.05) is 56.9 Å². The summed E-state index contributed by atoms with van der Waals surface area (Å²) in [7, 11) is 0. The predicted molar refractivity (Wildman–Crippen MR) is 237 cm³/mol. The molecule has 1 aromatic heterocycles. The summed E-state index contributed by atoms with van der Waals surface area (Å²) in [5.41, 5.74) is 1.26. The zero-order valence-electron chi connectivity index (χ0n) is 37.9. The van der Waals surface area contributed by atoms with Crippen LogP contribution in [-0.2, 0) is 44.8 Å². The molecule has 386 valence electrons. The van der Waals surface area contributed by atoms with E-state index in [0.29, 0.717) is 17.8 Å². The second-order valence-corrected chi connectivity index (χ2v) is 15.8. The Bertz CT molecular complexity index is 2120. The number of aryl methyl sites for hydroxylation is 1. The molecule has 28 heteroatoms. The maximum atomic E-state index is 13.4. The minimum Gasteiger partial charge on any atom is -0.481 e. The van der Waals surface area contributed by atoms with Crippen molar-refractivity contribution in [1.29, 1.82) is 0 Å². The molecule has 70 heavy (non-hydrogen) atoms. The molecule has 0 saturated carbocycles. The van der Waals surface area contributed by atoms with Crippen molar-refractivity contribution in [2.45, 2.75) is 114 Å². The molecule has 0 aliphatic carbocycles. The maximum absolute atomic E-state index is 13.4. The Morgan fingerprint density at radius 3 is 1.56 bits per heavy atom. The van der Waals surface area contributed by atoms with Crippen molar-refractivity contribution >= 4 is 65.6 Å². The summed E-state index contributed by atoms with van der Waals surface area (Å²) in [5.74, 6) is -11.2. The number of unbranched alkanes of at least 4 members (excludes halogenated alkanes) is 2. The van der Waals surface area contributed by atoms with Crippen molar-refractivity contribution in [2.24, 2.45) is 5.92 Å². The number of halogens is 1. The van der Waals surface area contributed by atoms with Crippen LogP contribution in [0.1, 0.15) is 99.5 Å². The summed E-state index contributed by atoms with van der Waals surface area (Å²) in [6, 6.07) is -1.71. The molecule has 0 spiro atoms. The summed E-state index contributed by atoms with van der Waals surface area (Å²) in [4.78, 5) is 132. The molecule has 13 N–H and O–H groups in total. The highest BCUT2D eigenvalue weighted by Crippen LogP contribution is 2.13. The van der Waals surface area contributed by atoms with Gasteiger partial charge in [0.05, 0.1) is 30.2 Å². The van der Waals surface area contributed by atoms with Crippen LogP contribution in [0.15, 0.2) is 30.5 Å². The molecule has 7 amide bonds. The van der Waals surface area contributed by atoms with Gasteiger partial charge < -0.3 is 67.9 Å². The van der Waals surface area contributed by atoms with E-state index in [-0.39, 0.29) is 76.6 Å². The van der Waals surface area contributed by atoms with Gasteiger partial charge in [0.25, 0.3) is 5.91 Å². The Labute approximate surface area is 398 Å². The Morgan fingerprint density at radius 2 is 1.07 bits per heavy atom. The number of alkyl halides is 1. The quantitative estimate of drug-likeness (QED) is 0.0405. The molecule has 2 rings (SSSR count). The average Bonchev–Trinajstić information content (AvgIpc) is 3.77. The number of carboxylic acids is 6. The molecule has 2 aromatic rings. The van der Waals surface area contributed by atoms with Gasteiger partial charge in [-0.05, 0) is 82.1 Å². The van der Waals surface area contributed by atoms with Gasteiger partial charge in [-0.3, -0.25) is 33.2 Å². The molecular formula is C42H59FN10O17. The Balaban J connectivity index is 1.99. The molecule has 1 heterocycles. The number of hydrogen-bond donors (Lipinski definition) is 13. The number of amides is 7. The summed E-state index contributed by atoms with van der Waals surface area (Å²) >= 11 is 0. The number of nitrogens with zero attached hydrogens (tertiary/aromatic N) is 3. The van der Waals surface area contributed by atoms with Crippen molar-refractivity contribution in [2.75, 3.05) is 26.3 Å². The van der Waals surface area contributed by atoms with Crippen LogP contribution in [0.4, 0.5) is 14.0 Å². The van der Waals surface area contributed by atoms with Crippen LogP contribution in [-0.4, -0.2) is 162 Å². The number of aliphatic carboxylic acids is 6. The number of carboxylic acid groups (broad SMARTS) is 6. The van der Waals surface area contributed by atoms with Gasteiger partial charge in [-0.2, -0.15) is 0 Å². The van der Waals surface area contributed by atoms with Crippen LogP contribution in [0.3, 0.4) is 0 Å². The Hall–Kier alpha value is -7.94. The number of aromatic nitrogens is 3. The number of hydrogen-bond acceptors (Lipinski definition) is 13. The number of urea groups is 2. The fraction of sp³-hybridized carbons (Fsp3) is 0.548. The zero-order chi connectivity index (χ0) is 52.2. The van der Waals surface area contributed by atoms with Gasteiger partial charge in [0.15, 0.2) is 0 Å². The highest BCUT2D eigenvalue weighted by atomic mass is 19.1. The van der Waals surface area contributed by atoms with Gasteiger partial charge >= 0.3 is 47.9 Å². The van der Waals surface area contributed by atoms with Crippen molar-refractivity contribution < 1.29 is 87.8 Å². The second kappa shape index (κ2) is 31.2. The number of carbonyl (C=O) groups excluding carboxylic acids is 5. The third kappa shape index (κ3) is 23.7. The minimum atomic E-state index is -1.59. The molecule has 0 aliphatic rings. The van der Waals surface area contributed by atoms with Crippen LogP contribution in [0, 0.1) is 5.92 Å². The largest absolute Gasteiger partial charge is 0.481 e. The fourth-order valence-corrected chi connectivity index (χ4v) is 6.44. The molecular weight excluding hydrogens is 936 g/mol. The predicted octanol–water partition coefficient (Wildman–Crippen LogP) is 0.00940. The fourth-order valence-electron chi connectivity index (χ4n) is 6.44. The first-order chi connectivity index (χ1) is 33.2. The van der Waals surface area contributed by atoms with E-state index in [0.717, 1.165) is 0 Å². The molecule has 5 atom stereocenters. The van der Waals surface area contributed by atoms with Crippen LogP contribution >= 0.6 is 0 Å². The normalized spacial score (nSPS) is 12.9. The van der Waals surface area contributed by atoms with E-state index in [4.69, 9.17) is 10.2 Å². The van der Waals surface area contributed by atoms with Crippen molar-refractivity contribution in [3.05, 3.63) is 41.7 Å². The van der Waals surface area contributed by atoms with Gasteiger partial charge in [0.1, 0.15) is 18.1 Å². The van der Waals surface area contributed by atoms with Gasteiger partial charge in [-0.15, -0.1) is 5.10 Å². The van der Waals surface area contributed by atoms with Crippen LogP contribution in [0.25, 0.3) is 5.69 Å². The van der Waals surface area contributed by atoms with Crippen LogP contribution in [0.2, 0.25) is 0 Å². The second-order valence-electron chi connectivity index (χ2n) is 15.8. The Kier molecular flexibility index (Phi) is 25.9. The van der Waals surface area contributed by atoms with E-state index in [1.807, 2.05) is 5.32 Å². The summed E-state index contributed by atoms with van der Waals surface area (Å²) in [6.07, 6.45) is 0.315. The van der Waals surface area contributed by atoms with Gasteiger partial charge in [-0.1, -0.05) is 11.6 Å². The first-order valence-corrected chi connectivity index (χ1v) is 22.1. The Morgan fingerprint density at radius 1 is 0.571 bits per heavy atom. The maximum Gasteiger partial charge on any atom is 0.326 e. The summed E-state index contributed by atoms with van der Waals surface area (Å²) in [5, 5.41) is 79.7. The van der Waals surface area contributed by atoms with E-state index in [1.54, 1.807) is 18.3 Å². The molecule has 0 saturated heterocycles. The van der Waals surface area contributed by atoms with E-state index < -0.39 is 134 Å². The van der Waals surface area contributed by atoms with Crippen molar-refractivity contribution in [3.8, 4) is 5.69 Å². The lowest BCUT2D eigenvalue weighted by Crippen LogP contribution is -2.51. The van der Waals surface area contributed by atoms with Crippen molar-refractivity contribution in [1.82, 2.24) is 52.2 Å². The first-order valence-electron chi connectivity index (χ1n) is 22.1. The molecule has 0 fully saturated rings. The van der Waals surface area contributed by atoms with Crippen molar-refractivity contribution in [3.63, 3.8) is 0 Å². The van der Waals surface area contributed by atoms with Gasteiger partial charge in [0.2, 0.25) is 11.8 Å². The number of benzene rings is 1. The highest BCUT2D eigenvalue weighted by molar-refractivity contribution is 5.95. The van der Waals surface area contributed by atoms with Crippen LogP contribution in [0.5, 0.6) is 0 Å². The third-order valence-corrected chi connectivity index (χ3v) is 10.2. The smallest absolute Gasteiger partial charge is 0.326 e. The zero-order valence-corrected chi connectivity index (χ0v) is 37.9. The lowest BCUT2D eigenvalue weighted by molar-refractivity contribution is -0.142. The third-order valence-electron chi connectivity index (χ3n) is 10.2. The SMILES string of the molecule is O=C(O)CCC(NC(=O)NCC(CCCCNC(=O)CC(CC(=O)NCCCCC(NC(=O)NC(CCC(=O)O)C(=O)O)C(=O)O)NC(=O)c1ccc(-n2cc(CCCF)nn2)cc1)C(=O)O)C(=O)O. The number of rotatable bonds is 35. The number of carbonyl (C=O) groups is 11. The van der Waals surface area contributed by atoms with Gasteiger partial charge in [-0.25, -0.2) is 28.7 Å². The lowest BCUT2D eigenvalue weighted by atomic mass is 10.0. The summed E-state index contributed by atoms with van der Waals surface area (Å²) in [6.45, 7) is -0.846. The molecule has 0 radical (unpaired) electrons. The number of nitrogens with one attached hydrogen (secondary N) is 7. The van der Waals surface area contributed by atoms with E-state index in [9.17, 15) is 77.6 Å². The highest BCUT2D eigenvalue weighted by Gasteiger charge is 2.26. The van der Waals surface area contributed by atoms with Crippen LogP contribution < -0.4 is 37.2 Å². The lowest BCUT2D eigenvalue weighted by Gasteiger charge is -2.19. The van der Waals surface area contributed by atoms with E-state index >= 15 is 0 Å². The topological polar surface area (TPSA) is 424 Å². The monoisotopic (exact) mass is 994 g/mol.